The average molecular weight is 488 g/mol. The van der Waals surface area contributed by atoms with E-state index in [1.54, 1.807) is 18.5 Å². The van der Waals surface area contributed by atoms with Crippen LogP contribution in [0.25, 0.3) is 11.0 Å². The van der Waals surface area contributed by atoms with Gasteiger partial charge in [0.05, 0.1) is 11.0 Å². The summed E-state index contributed by atoms with van der Waals surface area (Å²) < 4.78 is 14.6. The third kappa shape index (κ3) is 4.03. The molecule has 0 aliphatic carbocycles. The minimum absolute atomic E-state index is 0.132. The van der Waals surface area contributed by atoms with E-state index >= 15 is 0 Å². The van der Waals surface area contributed by atoms with Gasteiger partial charge in [0.2, 0.25) is 11.8 Å². The number of hydrogen-bond acceptors (Lipinski definition) is 6. The molecule has 1 N–H and O–H groups in total. The number of imide groups is 1. The number of halogens is 1. The topological polar surface area (TPSA) is 95.5 Å². The second-order valence-electron chi connectivity index (χ2n) is 9.81. The van der Waals surface area contributed by atoms with Gasteiger partial charge >= 0.3 is 0 Å². The van der Waals surface area contributed by atoms with Crippen LogP contribution in [0.5, 0.6) is 0 Å². The summed E-state index contributed by atoms with van der Waals surface area (Å²) >= 11 is 0. The Hall–Kier alpha value is -3.72. The van der Waals surface area contributed by atoms with Crippen LogP contribution < -0.4 is 5.32 Å². The van der Waals surface area contributed by atoms with Crippen LogP contribution in [0.2, 0.25) is 0 Å². The fourth-order valence-electron chi connectivity index (χ4n) is 5.84. The third-order valence-electron chi connectivity index (χ3n) is 7.66. The van der Waals surface area contributed by atoms with Gasteiger partial charge < -0.3 is 4.90 Å². The first kappa shape index (κ1) is 22.7. The molecular weight excluding hydrogens is 461 g/mol. The van der Waals surface area contributed by atoms with Gasteiger partial charge in [-0.25, -0.2) is 4.39 Å². The number of carbonyl (C=O) groups excluding carboxylic acids is 3. The van der Waals surface area contributed by atoms with Gasteiger partial charge in [0.25, 0.3) is 5.91 Å². The predicted octanol–water partition coefficient (Wildman–Crippen LogP) is 2.91. The summed E-state index contributed by atoms with van der Waals surface area (Å²) in [6, 6.07) is 8.18. The largest absolute Gasteiger partial charge is 0.322 e. The lowest BCUT2D eigenvalue weighted by atomic mass is 9.85. The van der Waals surface area contributed by atoms with Crippen LogP contribution in [0, 0.1) is 5.82 Å². The van der Waals surface area contributed by atoms with Crippen molar-refractivity contribution in [1.82, 2.24) is 25.1 Å². The Kier molecular flexibility index (Phi) is 5.72. The third-order valence-corrected chi connectivity index (χ3v) is 7.66. The van der Waals surface area contributed by atoms with E-state index in [1.165, 1.54) is 11.0 Å². The molecule has 0 spiro atoms. The Bertz CT molecular complexity index is 1380. The molecule has 1 unspecified atom stereocenters. The number of likely N-dealkylation sites (tertiary alicyclic amines) is 1. The second kappa shape index (κ2) is 9.05. The molecule has 1 atom stereocenters. The molecule has 0 radical (unpaired) electrons. The highest BCUT2D eigenvalue weighted by atomic mass is 19.1. The van der Waals surface area contributed by atoms with Crippen molar-refractivity contribution in [2.45, 2.75) is 50.7 Å². The first-order chi connectivity index (χ1) is 17.5. The Balaban J connectivity index is 1.19. The van der Waals surface area contributed by atoms with Gasteiger partial charge in [0, 0.05) is 37.5 Å². The zero-order chi connectivity index (χ0) is 24.8. The lowest BCUT2D eigenvalue weighted by molar-refractivity contribution is -0.136. The summed E-state index contributed by atoms with van der Waals surface area (Å²) in [6.45, 7) is 2.73. The molecule has 3 aliphatic heterocycles. The molecule has 184 valence electrons. The summed E-state index contributed by atoms with van der Waals surface area (Å²) in [5.41, 5.74) is 4.95. The molecule has 36 heavy (non-hydrogen) atoms. The maximum absolute atomic E-state index is 14.6. The van der Waals surface area contributed by atoms with Crippen LogP contribution in [0.15, 0.2) is 42.7 Å². The number of benzene rings is 2. The van der Waals surface area contributed by atoms with Crippen molar-refractivity contribution < 1.29 is 18.8 Å². The molecule has 8 nitrogen and oxygen atoms in total. The monoisotopic (exact) mass is 487 g/mol. The minimum Gasteiger partial charge on any atom is -0.322 e. The lowest BCUT2D eigenvalue weighted by Gasteiger charge is -2.33. The Morgan fingerprint density at radius 2 is 1.83 bits per heavy atom. The maximum Gasteiger partial charge on any atom is 0.255 e. The van der Waals surface area contributed by atoms with Crippen molar-refractivity contribution >= 4 is 28.8 Å². The number of carbonyl (C=O) groups is 3. The van der Waals surface area contributed by atoms with Crippen LogP contribution in [0.1, 0.15) is 58.6 Å². The number of rotatable bonds is 4. The minimum atomic E-state index is -0.704. The highest BCUT2D eigenvalue weighted by molar-refractivity contribution is 6.05. The number of para-hydroxylation sites is 1. The van der Waals surface area contributed by atoms with E-state index in [2.05, 4.69) is 26.3 Å². The fourth-order valence-corrected chi connectivity index (χ4v) is 5.84. The molecule has 3 aromatic rings. The van der Waals surface area contributed by atoms with Crippen molar-refractivity contribution in [2.24, 2.45) is 0 Å². The highest BCUT2D eigenvalue weighted by Crippen LogP contribution is 2.38. The summed E-state index contributed by atoms with van der Waals surface area (Å²) in [5.74, 6) is -1.42. The summed E-state index contributed by atoms with van der Waals surface area (Å²) in [6.07, 6.45) is 5.58. The van der Waals surface area contributed by atoms with Gasteiger partial charge in [-0.2, -0.15) is 0 Å². The standard InChI is InChI=1S/C27H26FN5O3/c28-18-12-19(21-15-33(27(36)20(21)13-18)23-4-5-24(34)31-26(23)35)16-6-10-32(11-7-16)14-17-2-1-3-22-25(17)30-9-8-29-22/h1-3,8-9,12-13,16,23H,4-7,10-11,14-15H2,(H,31,34,35). The molecule has 0 saturated carbocycles. The molecule has 3 amide bonds. The number of piperidine rings is 2. The van der Waals surface area contributed by atoms with Gasteiger partial charge in [-0.15, -0.1) is 0 Å². The van der Waals surface area contributed by atoms with Crippen molar-refractivity contribution in [1.29, 1.82) is 0 Å². The van der Waals surface area contributed by atoms with Gasteiger partial charge in [-0.05, 0) is 73.2 Å². The molecule has 6 rings (SSSR count). The van der Waals surface area contributed by atoms with E-state index in [4.69, 9.17) is 0 Å². The summed E-state index contributed by atoms with van der Waals surface area (Å²) in [7, 11) is 0. The molecule has 4 heterocycles. The molecule has 0 bridgehead atoms. The van der Waals surface area contributed by atoms with Gasteiger partial charge in [-0.3, -0.25) is 34.6 Å². The number of aromatic nitrogens is 2. The van der Waals surface area contributed by atoms with Crippen molar-refractivity contribution in [2.75, 3.05) is 13.1 Å². The van der Waals surface area contributed by atoms with Crippen LogP contribution in [0.3, 0.4) is 0 Å². The zero-order valence-corrected chi connectivity index (χ0v) is 19.7. The molecule has 2 saturated heterocycles. The van der Waals surface area contributed by atoms with E-state index < -0.39 is 17.8 Å². The molecule has 9 heteroatoms. The smallest absolute Gasteiger partial charge is 0.255 e. The van der Waals surface area contributed by atoms with Crippen LogP contribution in [0.4, 0.5) is 4.39 Å². The Morgan fingerprint density at radius 1 is 1.03 bits per heavy atom. The summed E-state index contributed by atoms with van der Waals surface area (Å²) in [5, 5.41) is 2.32. The molecule has 1 aromatic heterocycles. The van der Waals surface area contributed by atoms with E-state index in [1.807, 2.05) is 12.1 Å². The van der Waals surface area contributed by atoms with Crippen molar-refractivity contribution in [3.8, 4) is 0 Å². The number of hydrogen-bond donors (Lipinski definition) is 1. The maximum atomic E-state index is 14.6. The first-order valence-electron chi connectivity index (χ1n) is 12.4. The zero-order valence-electron chi connectivity index (χ0n) is 19.7. The van der Waals surface area contributed by atoms with Crippen LogP contribution in [-0.2, 0) is 22.7 Å². The first-order valence-corrected chi connectivity index (χ1v) is 12.4. The number of nitrogens with zero attached hydrogens (tertiary/aromatic N) is 4. The van der Waals surface area contributed by atoms with Gasteiger partial charge in [-0.1, -0.05) is 12.1 Å². The quantitative estimate of drug-likeness (QED) is 0.569. The predicted molar refractivity (Wildman–Crippen MR) is 129 cm³/mol. The number of fused-ring (bicyclic) bond motifs is 2. The van der Waals surface area contributed by atoms with E-state index in [-0.39, 0.29) is 30.7 Å². The van der Waals surface area contributed by atoms with E-state index in [0.717, 1.165) is 60.2 Å². The van der Waals surface area contributed by atoms with Crippen LogP contribution in [-0.4, -0.2) is 56.6 Å². The molecule has 3 aliphatic rings. The SMILES string of the molecule is O=C1CCC(N2Cc3c(cc(F)cc3C3CCN(Cc4cccc5nccnc45)CC3)C2=O)C(=O)N1. The highest BCUT2D eigenvalue weighted by Gasteiger charge is 2.41. The van der Waals surface area contributed by atoms with Gasteiger partial charge in [0.15, 0.2) is 0 Å². The number of amides is 3. The molecular formula is C27H26FN5O3. The molecule has 2 aromatic carbocycles. The van der Waals surface area contributed by atoms with Gasteiger partial charge in [0.1, 0.15) is 11.9 Å². The normalized spacial score (nSPS) is 21.2. The van der Waals surface area contributed by atoms with E-state index in [0.29, 0.717) is 12.0 Å². The fraction of sp³-hybridized carbons (Fsp3) is 0.370. The number of nitrogens with one attached hydrogen (secondary N) is 1. The molecule has 2 fully saturated rings. The van der Waals surface area contributed by atoms with Crippen molar-refractivity contribution in [3.05, 3.63) is 70.8 Å². The second-order valence-corrected chi connectivity index (χ2v) is 9.81. The van der Waals surface area contributed by atoms with E-state index in [9.17, 15) is 18.8 Å². The van der Waals surface area contributed by atoms with Crippen LogP contribution >= 0.6 is 0 Å². The summed E-state index contributed by atoms with van der Waals surface area (Å²) in [4.78, 5) is 49.9. The lowest BCUT2D eigenvalue weighted by Crippen LogP contribution is -2.52. The average Bonchev–Trinajstić information content (AvgIpc) is 3.20. The Morgan fingerprint density at radius 3 is 2.64 bits per heavy atom. The van der Waals surface area contributed by atoms with Crippen molar-refractivity contribution in [3.63, 3.8) is 0 Å². The Labute approximate surface area is 207 Å².